The molecule has 2 N–H and O–H groups in total. The zero-order valence-electron chi connectivity index (χ0n) is 11.5. The van der Waals surface area contributed by atoms with Gasteiger partial charge in [0.05, 0.1) is 0 Å². The largest absolute Gasteiger partial charge is 0.348 e. The van der Waals surface area contributed by atoms with Gasteiger partial charge in [0.1, 0.15) is 0 Å². The smallest absolute Gasteiger partial charge is 0.251 e. The number of benzene rings is 2. The van der Waals surface area contributed by atoms with Gasteiger partial charge in [-0.2, -0.15) is 0 Å². The van der Waals surface area contributed by atoms with Crippen molar-refractivity contribution in [2.75, 3.05) is 5.32 Å². The first-order valence-corrected chi connectivity index (χ1v) is 7.53. The van der Waals surface area contributed by atoms with Crippen LogP contribution in [0.5, 0.6) is 0 Å². The second kappa shape index (κ2) is 7.21. The van der Waals surface area contributed by atoms with Crippen LogP contribution in [0.25, 0.3) is 0 Å². The van der Waals surface area contributed by atoms with Gasteiger partial charge in [0.2, 0.25) is 5.91 Å². The monoisotopic (exact) mass is 394 g/mol. The summed E-state index contributed by atoms with van der Waals surface area (Å²) in [4.78, 5) is 22.9. The molecule has 0 heterocycles. The minimum atomic E-state index is -0.102. The molecule has 2 aromatic rings. The third-order valence-electron chi connectivity index (χ3n) is 2.81. The standard InChI is InChI=1S/C16H15IN2O2/c1-11(20)19-15-7-5-12(6-8-15)10-18-16(21)13-3-2-4-14(17)9-13/h2-9H,10H2,1H3,(H,18,21)(H,19,20). The maximum Gasteiger partial charge on any atom is 0.251 e. The predicted octanol–water partition coefficient (Wildman–Crippen LogP) is 3.18. The van der Waals surface area contributed by atoms with Crippen molar-refractivity contribution in [2.45, 2.75) is 13.5 Å². The predicted molar refractivity (Wildman–Crippen MR) is 91.1 cm³/mol. The number of anilines is 1. The molecule has 0 atom stereocenters. The van der Waals surface area contributed by atoms with E-state index in [0.717, 1.165) is 14.8 Å². The minimum absolute atomic E-state index is 0.0977. The van der Waals surface area contributed by atoms with Gasteiger partial charge in [-0.25, -0.2) is 0 Å². The summed E-state index contributed by atoms with van der Waals surface area (Å²) in [5, 5.41) is 5.57. The highest BCUT2D eigenvalue weighted by atomic mass is 127. The Morgan fingerprint density at radius 3 is 2.43 bits per heavy atom. The van der Waals surface area contributed by atoms with E-state index in [-0.39, 0.29) is 11.8 Å². The maximum atomic E-state index is 12.0. The summed E-state index contributed by atoms with van der Waals surface area (Å²) in [5.41, 5.74) is 2.37. The number of hydrogen-bond acceptors (Lipinski definition) is 2. The van der Waals surface area contributed by atoms with Crippen LogP contribution in [0.4, 0.5) is 5.69 Å². The highest BCUT2D eigenvalue weighted by Crippen LogP contribution is 2.10. The Bertz CT molecular complexity index is 654. The summed E-state index contributed by atoms with van der Waals surface area (Å²) in [6.45, 7) is 1.92. The maximum absolute atomic E-state index is 12.0. The summed E-state index contributed by atoms with van der Waals surface area (Å²) < 4.78 is 1.03. The van der Waals surface area contributed by atoms with Crippen LogP contribution in [0.2, 0.25) is 0 Å². The van der Waals surface area contributed by atoms with Crippen LogP contribution in [0.3, 0.4) is 0 Å². The molecule has 0 fully saturated rings. The normalized spacial score (nSPS) is 10.0. The Morgan fingerprint density at radius 1 is 1.10 bits per heavy atom. The molecule has 5 heteroatoms. The molecule has 0 saturated carbocycles. The molecule has 2 rings (SSSR count). The first-order valence-electron chi connectivity index (χ1n) is 6.45. The fourth-order valence-electron chi connectivity index (χ4n) is 1.82. The lowest BCUT2D eigenvalue weighted by Gasteiger charge is -2.07. The van der Waals surface area contributed by atoms with Gasteiger partial charge in [-0.3, -0.25) is 9.59 Å². The summed E-state index contributed by atoms with van der Waals surface area (Å²) >= 11 is 2.18. The van der Waals surface area contributed by atoms with Crippen molar-refractivity contribution < 1.29 is 9.59 Å². The van der Waals surface area contributed by atoms with Gasteiger partial charge < -0.3 is 10.6 Å². The Balaban J connectivity index is 1.93. The van der Waals surface area contributed by atoms with Gasteiger partial charge in [0, 0.05) is 28.3 Å². The molecule has 21 heavy (non-hydrogen) atoms. The Kier molecular flexibility index (Phi) is 5.32. The summed E-state index contributed by atoms with van der Waals surface area (Å²) in [5.74, 6) is -0.200. The van der Waals surface area contributed by atoms with Gasteiger partial charge >= 0.3 is 0 Å². The molecule has 0 spiro atoms. The van der Waals surface area contributed by atoms with Crippen LogP contribution in [0.15, 0.2) is 48.5 Å². The van der Waals surface area contributed by atoms with E-state index in [1.807, 2.05) is 42.5 Å². The van der Waals surface area contributed by atoms with E-state index in [1.165, 1.54) is 6.92 Å². The van der Waals surface area contributed by atoms with E-state index < -0.39 is 0 Å². The van der Waals surface area contributed by atoms with Crippen molar-refractivity contribution in [3.05, 3.63) is 63.2 Å². The molecule has 108 valence electrons. The number of rotatable bonds is 4. The first kappa shape index (κ1) is 15.5. The molecule has 2 amide bonds. The van der Waals surface area contributed by atoms with Gasteiger partial charge in [0.25, 0.3) is 5.91 Å². The Labute approximate surface area is 137 Å². The van der Waals surface area contributed by atoms with Crippen molar-refractivity contribution in [3.63, 3.8) is 0 Å². The number of nitrogens with one attached hydrogen (secondary N) is 2. The molecule has 0 aliphatic carbocycles. The molecule has 4 nitrogen and oxygen atoms in total. The summed E-state index contributed by atoms with van der Waals surface area (Å²) in [6, 6.07) is 14.8. The van der Waals surface area contributed by atoms with E-state index in [9.17, 15) is 9.59 Å². The number of carbonyl (C=O) groups is 2. The van der Waals surface area contributed by atoms with Crippen LogP contribution >= 0.6 is 22.6 Å². The lowest BCUT2D eigenvalue weighted by Crippen LogP contribution is -2.22. The lowest BCUT2D eigenvalue weighted by atomic mass is 10.2. The van der Waals surface area contributed by atoms with E-state index in [1.54, 1.807) is 6.07 Å². The van der Waals surface area contributed by atoms with E-state index in [4.69, 9.17) is 0 Å². The van der Waals surface area contributed by atoms with Crippen molar-refractivity contribution >= 4 is 40.1 Å². The van der Waals surface area contributed by atoms with Gasteiger partial charge in [-0.1, -0.05) is 18.2 Å². The van der Waals surface area contributed by atoms with Gasteiger partial charge in [0.15, 0.2) is 0 Å². The molecular weight excluding hydrogens is 379 g/mol. The van der Waals surface area contributed by atoms with Crippen LogP contribution in [-0.4, -0.2) is 11.8 Å². The number of amides is 2. The van der Waals surface area contributed by atoms with E-state index >= 15 is 0 Å². The summed E-state index contributed by atoms with van der Waals surface area (Å²) in [6.07, 6.45) is 0. The number of halogens is 1. The second-order valence-corrected chi connectivity index (χ2v) is 5.82. The summed E-state index contributed by atoms with van der Waals surface area (Å²) in [7, 11) is 0. The Hall–Kier alpha value is -1.89. The van der Waals surface area contributed by atoms with Crippen molar-refractivity contribution in [1.29, 1.82) is 0 Å². The average Bonchev–Trinajstić information content (AvgIpc) is 2.45. The Morgan fingerprint density at radius 2 is 1.81 bits per heavy atom. The molecule has 0 bridgehead atoms. The highest BCUT2D eigenvalue weighted by Gasteiger charge is 2.05. The van der Waals surface area contributed by atoms with Crippen molar-refractivity contribution in [2.24, 2.45) is 0 Å². The average molecular weight is 394 g/mol. The van der Waals surface area contributed by atoms with Crippen molar-refractivity contribution in [1.82, 2.24) is 5.32 Å². The quantitative estimate of drug-likeness (QED) is 0.783. The zero-order chi connectivity index (χ0) is 15.2. The molecule has 0 aliphatic heterocycles. The third-order valence-corrected chi connectivity index (χ3v) is 3.49. The first-order chi connectivity index (χ1) is 10.0. The minimum Gasteiger partial charge on any atom is -0.348 e. The highest BCUT2D eigenvalue weighted by molar-refractivity contribution is 14.1. The zero-order valence-corrected chi connectivity index (χ0v) is 13.7. The van der Waals surface area contributed by atoms with Crippen LogP contribution in [-0.2, 0) is 11.3 Å². The molecule has 0 aromatic heterocycles. The van der Waals surface area contributed by atoms with Crippen LogP contribution < -0.4 is 10.6 Å². The van der Waals surface area contributed by atoms with E-state index in [2.05, 4.69) is 33.2 Å². The fourth-order valence-corrected chi connectivity index (χ4v) is 2.37. The molecule has 0 saturated heterocycles. The molecular formula is C16H15IN2O2. The number of hydrogen-bond donors (Lipinski definition) is 2. The number of carbonyl (C=O) groups excluding carboxylic acids is 2. The fraction of sp³-hybridized carbons (Fsp3) is 0.125. The van der Waals surface area contributed by atoms with Gasteiger partial charge in [-0.15, -0.1) is 0 Å². The second-order valence-electron chi connectivity index (χ2n) is 4.57. The topological polar surface area (TPSA) is 58.2 Å². The van der Waals surface area contributed by atoms with Crippen LogP contribution in [0, 0.1) is 3.57 Å². The van der Waals surface area contributed by atoms with Crippen molar-refractivity contribution in [3.8, 4) is 0 Å². The molecule has 2 aromatic carbocycles. The SMILES string of the molecule is CC(=O)Nc1ccc(CNC(=O)c2cccc(I)c2)cc1. The van der Waals surface area contributed by atoms with Crippen LogP contribution in [0.1, 0.15) is 22.8 Å². The van der Waals surface area contributed by atoms with Gasteiger partial charge in [-0.05, 0) is 58.5 Å². The lowest BCUT2D eigenvalue weighted by molar-refractivity contribution is -0.114. The van der Waals surface area contributed by atoms with E-state index in [0.29, 0.717) is 12.1 Å². The molecule has 0 aliphatic rings. The third kappa shape index (κ3) is 4.86. The molecule has 0 unspecified atom stereocenters. The molecule has 0 radical (unpaired) electrons.